The van der Waals surface area contributed by atoms with Crippen molar-refractivity contribution in [1.82, 2.24) is 10.2 Å². The molecule has 37 heavy (non-hydrogen) atoms. The van der Waals surface area contributed by atoms with Crippen LogP contribution in [0.2, 0.25) is 0 Å². The van der Waals surface area contributed by atoms with Crippen LogP contribution in [-0.4, -0.2) is 44.3 Å². The summed E-state index contributed by atoms with van der Waals surface area (Å²) in [6, 6.07) is 17.6. The molecule has 0 spiro atoms. The molecular weight excluding hydrogens is 561 g/mol. The van der Waals surface area contributed by atoms with Gasteiger partial charge in [0.15, 0.2) is 0 Å². The van der Waals surface area contributed by atoms with E-state index in [-0.39, 0.29) is 23.0 Å². The summed E-state index contributed by atoms with van der Waals surface area (Å²) in [5, 5.41) is 2.72. The minimum absolute atomic E-state index is 0.0999. The normalized spacial score (nSPS) is 12.0. The summed E-state index contributed by atoms with van der Waals surface area (Å²) >= 11 is 3.38. The van der Waals surface area contributed by atoms with E-state index in [4.69, 9.17) is 0 Å². The van der Waals surface area contributed by atoms with Gasteiger partial charge in [0.2, 0.25) is 11.8 Å². The fraction of sp³-hybridized carbons (Fsp3) is 0.259. The molecule has 1 atom stereocenters. The zero-order chi connectivity index (χ0) is 27.2. The number of benzene rings is 3. The molecule has 196 valence electrons. The van der Waals surface area contributed by atoms with Gasteiger partial charge < -0.3 is 10.2 Å². The van der Waals surface area contributed by atoms with Gasteiger partial charge in [0.1, 0.15) is 18.4 Å². The molecule has 3 rings (SSSR count). The van der Waals surface area contributed by atoms with Crippen molar-refractivity contribution in [3.05, 3.63) is 94.2 Å². The number of likely N-dealkylation sites (N-methyl/N-ethyl adjacent to an activating group) is 1. The summed E-state index contributed by atoms with van der Waals surface area (Å²) in [6.07, 6.45) is 0. The Kier molecular flexibility index (Phi) is 9.45. The third kappa shape index (κ3) is 7.17. The van der Waals surface area contributed by atoms with Crippen molar-refractivity contribution in [2.24, 2.45) is 0 Å². The van der Waals surface area contributed by atoms with Gasteiger partial charge in [0.25, 0.3) is 10.0 Å². The second kappa shape index (κ2) is 12.3. The molecule has 0 heterocycles. The average Bonchev–Trinajstić information content (AvgIpc) is 2.87. The van der Waals surface area contributed by atoms with E-state index in [2.05, 4.69) is 21.2 Å². The maximum Gasteiger partial charge on any atom is 0.264 e. The molecule has 0 fully saturated rings. The maximum atomic E-state index is 13.7. The Hall–Kier alpha value is -3.24. The highest BCUT2D eigenvalue weighted by molar-refractivity contribution is 9.10. The molecule has 2 amide bonds. The number of nitrogens with one attached hydrogen (secondary N) is 1. The topological polar surface area (TPSA) is 86.8 Å². The van der Waals surface area contributed by atoms with Gasteiger partial charge in [-0.1, -0.05) is 45.8 Å². The largest absolute Gasteiger partial charge is 0.355 e. The molecule has 0 bridgehead atoms. The van der Waals surface area contributed by atoms with E-state index in [1.165, 1.54) is 4.90 Å². The van der Waals surface area contributed by atoms with Gasteiger partial charge >= 0.3 is 0 Å². The molecule has 3 aromatic carbocycles. The van der Waals surface area contributed by atoms with Gasteiger partial charge in [0.05, 0.1) is 10.6 Å². The number of halogens is 2. The van der Waals surface area contributed by atoms with Gasteiger partial charge in [-0.05, 0) is 74.9 Å². The van der Waals surface area contributed by atoms with Crippen LogP contribution in [0.1, 0.15) is 25.0 Å². The molecule has 0 saturated heterocycles. The number of hydrogen-bond acceptors (Lipinski definition) is 4. The van der Waals surface area contributed by atoms with Gasteiger partial charge in [0, 0.05) is 17.6 Å². The zero-order valence-electron chi connectivity index (χ0n) is 20.8. The Bertz CT molecular complexity index is 1330. The number of amides is 2. The van der Waals surface area contributed by atoms with Gasteiger partial charge in [-0.2, -0.15) is 0 Å². The van der Waals surface area contributed by atoms with Crippen LogP contribution in [0.4, 0.5) is 10.1 Å². The van der Waals surface area contributed by atoms with Crippen molar-refractivity contribution in [3.63, 3.8) is 0 Å². The molecule has 3 aromatic rings. The zero-order valence-corrected chi connectivity index (χ0v) is 23.2. The van der Waals surface area contributed by atoms with Crippen molar-refractivity contribution in [1.29, 1.82) is 0 Å². The first-order valence-electron chi connectivity index (χ1n) is 11.7. The van der Waals surface area contributed by atoms with Gasteiger partial charge in [-0.25, -0.2) is 12.8 Å². The Morgan fingerprint density at radius 2 is 1.57 bits per heavy atom. The fourth-order valence-electron chi connectivity index (χ4n) is 3.66. The summed E-state index contributed by atoms with van der Waals surface area (Å²) in [6.45, 7) is 5.18. The molecule has 0 unspecified atom stereocenters. The number of aryl methyl sites for hydroxylation is 1. The van der Waals surface area contributed by atoms with Crippen LogP contribution in [0, 0.1) is 12.7 Å². The quantitative estimate of drug-likeness (QED) is 0.373. The molecule has 7 nitrogen and oxygen atoms in total. The van der Waals surface area contributed by atoms with Crippen LogP contribution in [0.5, 0.6) is 0 Å². The summed E-state index contributed by atoms with van der Waals surface area (Å²) in [7, 11) is -4.23. The lowest BCUT2D eigenvalue weighted by Crippen LogP contribution is -2.51. The summed E-state index contributed by atoms with van der Waals surface area (Å²) in [5.41, 5.74) is 1.96. The Morgan fingerprint density at radius 3 is 2.14 bits per heavy atom. The van der Waals surface area contributed by atoms with E-state index in [9.17, 15) is 22.4 Å². The van der Waals surface area contributed by atoms with Crippen LogP contribution >= 0.6 is 15.9 Å². The molecule has 1 N–H and O–H groups in total. The van der Waals surface area contributed by atoms with E-state index < -0.39 is 34.3 Å². The van der Waals surface area contributed by atoms with E-state index in [0.29, 0.717) is 6.54 Å². The Balaban J connectivity index is 2.01. The lowest BCUT2D eigenvalue weighted by molar-refractivity contribution is -0.139. The predicted molar refractivity (Wildman–Crippen MR) is 145 cm³/mol. The maximum absolute atomic E-state index is 13.7. The van der Waals surface area contributed by atoms with Crippen LogP contribution in [0.15, 0.2) is 82.2 Å². The molecule has 0 saturated carbocycles. The smallest absolute Gasteiger partial charge is 0.264 e. The third-order valence-electron chi connectivity index (χ3n) is 5.79. The van der Waals surface area contributed by atoms with Crippen LogP contribution in [-0.2, 0) is 26.2 Å². The summed E-state index contributed by atoms with van der Waals surface area (Å²) in [4.78, 5) is 27.6. The van der Waals surface area contributed by atoms with E-state index >= 15 is 0 Å². The first-order valence-corrected chi connectivity index (χ1v) is 13.9. The minimum atomic E-state index is -4.23. The van der Waals surface area contributed by atoms with Crippen molar-refractivity contribution in [3.8, 4) is 0 Å². The van der Waals surface area contributed by atoms with Crippen molar-refractivity contribution >= 4 is 43.5 Å². The van der Waals surface area contributed by atoms with Crippen LogP contribution < -0.4 is 9.62 Å². The Labute approximate surface area is 225 Å². The fourth-order valence-corrected chi connectivity index (χ4v) is 5.34. The van der Waals surface area contributed by atoms with Crippen LogP contribution in [0.25, 0.3) is 0 Å². The highest BCUT2D eigenvalue weighted by Crippen LogP contribution is 2.25. The van der Waals surface area contributed by atoms with Crippen LogP contribution in [0.3, 0.4) is 0 Å². The number of sulfonamides is 1. The lowest BCUT2D eigenvalue weighted by atomic mass is 10.1. The highest BCUT2D eigenvalue weighted by Gasteiger charge is 2.32. The van der Waals surface area contributed by atoms with Crippen molar-refractivity contribution < 1.29 is 22.4 Å². The standard InChI is InChI=1S/C27H29BrFN3O4S/c1-4-30-27(34)20(3)31(17-21-7-9-22(28)10-8-21)26(33)18-32(24-13-5-19(2)6-14-24)37(35,36)25-15-11-23(29)12-16-25/h5-16,20H,4,17-18H2,1-3H3,(H,30,34)/t20-/m0/s1. The van der Waals surface area contributed by atoms with E-state index in [0.717, 1.165) is 44.2 Å². The van der Waals surface area contributed by atoms with E-state index in [1.54, 1.807) is 38.1 Å². The second-order valence-electron chi connectivity index (χ2n) is 8.52. The third-order valence-corrected chi connectivity index (χ3v) is 8.10. The number of rotatable bonds is 10. The number of anilines is 1. The van der Waals surface area contributed by atoms with Crippen molar-refractivity contribution in [2.45, 2.75) is 38.3 Å². The summed E-state index contributed by atoms with van der Waals surface area (Å²) < 4.78 is 42.6. The SMILES string of the molecule is CCNC(=O)[C@H](C)N(Cc1ccc(Br)cc1)C(=O)CN(c1ccc(C)cc1)S(=O)(=O)c1ccc(F)cc1. The first kappa shape index (κ1) is 28.3. The predicted octanol–water partition coefficient (Wildman–Crippen LogP) is 4.65. The van der Waals surface area contributed by atoms with E-state index in [1.807, 2.05) is 31.2 Å². The average molecular weight is 591 g/mol. The first-order chi connectivity index (χ1) is 17.5. The monoisotopic (exact) mass is 589 g/mol. The highest BCUT2D eigenvalue weighted by atomic mass is 79.9. The molecular formula is C27H29BrFN3O4S. The number of carbonyl (C=O) groups is 2. The summed E-state index contributed by atoms with van der Waals surface area (Å²) in [5.74, 6) is -1.49. The number of nitrogens with zero attached hydrogens (tertiary/aromatic N) is 2. The molecule has 0 aliphatic carbocycles. The second-order valence-corrected chi connectivity index (χ2v) is 11.3. The molecule has 0 radical (unpaired) electrons. The lowest BCUT2D eigenvalue weighted by Gasteiger charge is -2.32. The molecule has 0 aliphatic rings. The molecule has 10 heteroatoms. The molecule has 0 aliphatic heterocycles. The minimum Gasteiger partial charge on any atom is -0.355 e. The molecule has 0 aromatic heterocycles. The number of carbonyl (C=O) groups excluding carboxylic acids is 2. The van der Waals surface area contributed by atoms with Gasteiger partial charge in [-0.3, -0.25) is 13.9 Å². The van der Waals surface area contributed by atoms with Crippen molar-refractivity contribution in [2.75, 3.05) is 17.4 Å². The number of hydrogen-bond donors (Lipinski definition) is 1. The van der Waals surface area contributed by atoms with Gasteiger partial charge in [-0.15, -0.1) is 0 Å². The Morgan fingerprint density at radius 1 is 0.973 bits per heavy atom.